The summed E-state index contributed by atoms with van der Waals surface area (Å²) in [7, 11) is 9.74. The molecule has 0 aromatic heterocycles. The number of aliphatic hydroxyl groups excluding tert-OH is 1. The minimum Gasteiger partial charge on any atom is -0.390 e. The van der Waals surface area contributed by atoms with E-state index in [0.29, 0.717) is 6.42 Å². The molecule has 0 spiro atoms. The fraction of sp³-hybridized carbons (Fsp3) is 0.772. The van der Waals surface area contributed by atoms with Crippen molar-refractivity contribution in [2.75, 3.05) is 55.9 Å². The van der Waals surface area contributed by atoms with Crippen LogP contribution in [0.25, 0.3) is 0 Å². The van der Waals surface area contributed by atoms with Crippen LogP contribution in [0.1, 0.15) is 136 Å². The molecule has 1 fully saturated rings. The number of rotatable bonds is 12. The Labute approximate surface area is 477 Å². The van der Waals surface area contributed by atoms with E-state index in [4.69, 9.17) is 0 Å². The van der Waals surface area contributed by atoms with Crippen LogP contribution in [0.3, 0.4) is 0 Å². The van der Waals surface area contributed by atoms with Gasteiger partial charge in [-0.15, -0.1) is 0 Å². The van der Waals surface area contributed by atoms with E-state index in [9.17, 15) is 48.3 Å². The van der Waals surface area contributed by atoms with Crippen molar-refractivity contribution in [3.8, 4) is 0 Å². The maximum Gasteiger partial charge on any atom is 0.246 e. The molecule has 1 heterocycles. The third-order valence-electron chi connectivity index (χ3n) is 15.2. The smallest absolute Gasteiger partial charge is 0.246 e. The first-order valence-corrected chi connectivity index (χ1v) is 28.3. The van der Waals surface area contributed by atoms with Crippen LogP contribution in [0.15, 0.2) is 12.2 Å². The Hall–Kier alpha value is -6.13. The summed E-state index contributed by atoms with van der Waals surface area (Å²) >= 11 is 0. The van der Waals surface area contributed by atoms with Crippen molar-refractivity contribution in [1.82, 2.24) is 55.6 Å². The lowest BCUT2D eigenvalue weighted by atomic mass is 9.91. The van der Waals surface area contributed by atoms with Gasteiger partial charge >= 0.3 is 0 Å². The summed E-state index contributed by atoms with van der Waals surface area (Å²) in [6.45, 7) is 24.9. The molecule has 23 heteroatoms. The lowest BCUT2D eigenvalue weighted by molar-refractivity contribution is -0.157. The first-order valence-electron chi connectivity index (χ1n) is 28.3. The maximum absolute atomic E-state index is 15.0. The van der Waals surface area contributed by atoms with Crippen molar-refractivity contribution in [1.29, 1.82) is 0 Å². The molecule has 0 unspecified atom stereocenters. The van der Waals surface area contributed by atoms with Crippen LogP contribution in [0.5, 0.6) is 0 Å². The molecule has 1 aliphatic heterocycles. The Morgan fingerprint density at radius 2 is 0.925 bits per heavy atom. The molecule has 0 saturated carbocycles. The lowest BCUT2D eigenvalue weighted by Gasteiger charge is -2.41. The van der Waals surface area contributed by atoms with Gasteiger partial charge in [-0.1, -0.05) is 81.4 Å². The molecule has 0 aliphatic carbocycles. The van der Waals surface area contributed by atoms with E-state index >= 15 is 9.59 Å². The average Bonchev–Trinajstić information content (AvgIpc) is 3.38. The van der Waals surface area contributed by atoms with Gasteiger partial charge in [-0.05, 0) is 96.3 Å². The predicted octanol–water partition coefficient (Wildman–Crippen LogP) is 1.61. The molecule has 1 rings (SSSR count). The number of amides is 11. The minimum atomic E-state index is -1.60. The van der Waals surface area contributed by atoms with Gasteiger partial charge in [0.1, 0.15) is 60.4 Å². The summed E-state index contributed by atoms with van der Waals surface area (Å²) in [6.07, 6.45) is 2.87. The van der Waals surface area contributed by atoms with E-state index in [0.717, 1.165) is 19.6 Å². The second-order valence-corrected chi connectivity index (χ2v) is 23.6. The molecule has 1 saturated heterocycles. The van der Waals surface area contributed by atoms with Crippen LogP contribution < -0.4 is 21.3 Å². The second kappa shape index (κ2) is 32.3. The molecule has 456 valence electrons. The van der Waals surface area contributed by atoms with Crippen LogP contribution in [-0.2, 0) is 52.7 Å². The average molecular weight is 1130 g/mol. The predicted molar refractivity (Wildman–Crippen MR) is 305 cm³/mol. The molecule has 0 aromatic carbocycles. The van der Waals surface area contributed by atoms with Gasteiger partial charge in [0.2, 0.25) is 65.0 Å². The fourth-order valence-corrected chi connectivity index (χ4v) is 9.61. The van der Waals surface area contributed by atoms with Gasteiger partial charge in [0.25, 0.3) is 0 Å². The van der Waals surface area contributed by atoms with Gasteiger partial charge in [-0.3, -0.25) is 52.7 Å². The molecule has 23 nitrogen and oxygen atoms in total. The van der Waals surface area contributed by atoms with E-state index in [-0.39, 0.29) is 43.4 Å². The zero-order chi connectivity index (χ0) is 62.1. The van der Waals surface area contributed by atoms with Gasteiger partial charge in [-0.25, -0.2) is 0 Å². The normalized spacial score (nSPS) is 27.7. The second-order valence-electron chi connectivity index (χ2n) is 23.6. The summed E-state index contributed by atoms with van der Waals surface area (Å²) in [4.78, 5) is 165. The molecule has 11 amide bonds. The van der Waals surface area contributed by atoms with Crippen molar-refractivity contribution < 1.29 is 57.8 Å². The Kier molecular flexibility index (Phi) is 29.1. The highest BCUT2D eigenvalue weighted by Crippen LogP contribution is 2.25. The van der Waals surface area contributed by atoms with Gasteiger partial charge in [0.15, 0.2) is 0 Å². The summed E-state index contributed by atoms with van der Waals surface area (Å²) < 4.78 is 0. The quantitative estimate of drug-likeness (QED) is 0.175. The number of carbonyl (C=O) groups excluding carboxylic acids is 11. The van der Waals surface area contributed by atoms with E-state index in [2.05, 4.69) is 21.3 Å². The van der Waals surface area contributed by atoms with Crippen LogP contribution in [0, 0.1) is 29.6 Å². The number of hydrogen-bond donors (Lipinski definition) is 5. The molecule has 80 heavy (non-hydrogen) atoms. The minimum absolute atomic E-state index is 0.0245. The zero-order valence-corrected chi connectivity index (χ0v) is 52.2. The molecular formula is C57H101N11O12. The van der Waals surface area contributed by atoms with Crippen LogP contribution in [-0.4, -0.2) is 227 Å². The fourth-order valence-electron chi connectivity index (χ4n) is 9.61. The highest BCUT2D eigenvalue weighted by molar-refractivity contribution is 5.99. The number of aliphatic hydroxyl groups is 1. The van der Waals surface area contributed by atoms with E-state index in [1.165, 1.54) is 91.7 Å². The Morgan fingerprint density at radius 3 is 1.40 bits per heavy atom. The summed E-state index contributed by atoms with van der Waals surface area (Å²) in [5, 5.41) is 22.7. The van der Waals surface area contributed by atoms with Crippen molar-refractivity contribution in [2.45, 2.75) is 202 Å². The third-order valence-corrected chi connectivity index (χ3v) is 15.2. The van der Waals surface area contributed by atoms with Gasteiger partial charge in [-0.2, -0.15) is 0 Å². The van der Waals surface area contributed by atoms with Gasteiger partial charge < -0.3 is 60.7 Å². The highest BCUT2D eigenvalue weighted by atomic mass is 16.3. The Balaban J connectivity index is 4.17. The number of allylic oxidation sites excluding steroid dienone is 2. The molecule has 5 N–H and O–H groups in total. The van der Waals surface area contributed by atoms with Crippen molar-refractivity contribution in [3.63, 3.8) is 0 Å². The van der Waals surface area contributed by atoms with E-state index in [1.54, 1.807) is 46.8 Å². The monoisotopic (exact) mass is 1130 g/mol. The lowest BCUT2D eigenvalue weighted by Crippen LogP contribution is -2.63. The van der Waals surface area contributed by atoms with E-state index in [1.807, 2.05) is 41.5 Å². The SMILES string of the molecule is C/C=C/C[C@@H](C)[C@@H](O)[C@H]1C(=O)N[C@@H](CC)C(=O)N(C)CC(=O)N(C)[C@@H](C)C(=O)N[C@@H](CC(C)C)C(=O)N(C)[C@@H](C)C(=O)N[C@@H](C)C(=O)N[C@H](C)C(=O)N(C)[C@@H](CC(C)C)C(=O)N(C)[C@@H](CC(C)C)C(=O)N(C)[C@@H](C(C)C)C(=O)N1C. The van der Waals surface area contributed by atoms with E-state index < -0.39 is 150 Å². The van der Waals surface area contributed by atoms with Crippen LogP contribution in [0.4, 0.5) is 0 Å². The number of likely N-dealkylation sites (N-methyl/N-ethyl adjacent to an activating group) is 7. The standard InChI is InChI=1S/C57H101N11O12/c1-23-25-26-35(11)47(70)46-51(74)60-40(24-2)53(76)62(16)30-44(69)63(17)38(14)50(73)61-41(27-31(3)4)54(77)64(18)39(15)49(72)58-36(12)48(71)59-37(13)52(75)65(19)42(28-32(5)6)55(78)66(20)43(29-33(7)8)56(79)67(21)45(34(9)10)57(80)68(46)22/h23,25,31-43,45-47,70H,24,26-30H2,1-22H3,(H,58,72)(H,59,71)(H,60,74)(H,61,73)/b25-23+/t35-,36+,37-,38+,39+,40+,41+,42+,43+,45+,46+,47-/m1/s1. The molecular weight excluding hydrogens is 1030 g/mol. The maximum atomic E-state index is 15.0. The summed E-state index contributed by atoms with van der Waals surface area (Å²) in [6, 6.07) is -12.3. The summed E-state index contributed by atoms with van der Waals surface area (Å²) in [5.41, 5.74) is 0. The number of nitrogens with one attached hydrogen (secondary N) is 4. The number of carbonyl (C=O) groups is 11. The Bertz CT molecular complexity index is 2200. The zero-order valence-electron chi connectivity index (χ0n) is 52.2. The van der Waals surface area contributed by atoms with Crippen molar-refractivity contribution in [3.05, 3.63) is 12.2 Å². The molecule has 0 aromatic rings. The number of hydrogen-bond acceptors (Lipinski definition) is 12. The number of nitrogens with zero attached hydrogens (tertiary/aromatic N) is 7. The molecule has 0 bridgehead atoms. The van der Waals surface area contributed by atoms with Crippen molar-refractivity contribution in [2.24, 2.45) is 29.6 Å². The Morgan fingerprint density at radius 1 is 0.487 bits per heavy atom. The van der Waals surface area contributed by atoms with Crippen molar-refractivity contribution >= 4 is 65.0 Å². The largest absolute Gasteiger partial charge is 0.390 e. The topological polar surface area (TPSA) is 279 Å². The van der Waals surface area contributed by atoms with Crippen LogP contribution >= 0.6 is 0 Å². The first-order chi connectivity index (χ1) is 36.9. The summed E-state index contributed by atoms with van der Waals surface area (Å²) in [5.74, 6) is -9.20. The first kappa shape index (κ1) is 71.9. The van der Waals surface area contributed by atoms with Gasteiger partial charge in [0, 0.05) is 49.3 Å². The molecule has 1 aliphatic rings. The van der Waals surface area contributed by atoms with Gasteiger partial charge in [0.05, 0.1) is 12.6 Å². The molecule has 12 atom stereocenters. The molecule has 0 radical (unpaired) electrons. The van der Waals surface area contributed by atoms with Crippen LogP contribution in [0.2, 0.25) is 0 Å². The third kappa shape index (κ3) is 19.6. The highest BCUT2D eigenvalue weighted by Gasteiger charge is 2.45.